The molecule has 6 heteroatoms. The van der Waals surface area contributed by atoms with Gasteiger partial charge in [0.25, 0.3) is 0 Å². The van der Waals surface area contributed by atoms with Gasteiger partial charge in [0, 0.05) is 12.8 Å². The summed E-state index contributed by atoms with van der Waals surface area (Å²) in [6.45, 7) is 0.908. The molecule has 0 atom stereocenters. The fourth-order valence-corrected chi connectivity index (χ4v) is 2.45. The lowest BCUT2D eigenvalue weighted by Crippen LogP contribution is -1.99. The maximum Gasteiger partial charge on any atom is 0.318 e. The third-order valence-electron chi connectivity index (χ3n) is 3.11. The highest BCUT2D eigenvalue weighted by Crippen LogP contribution is 2.52. The molecule has 0 bridgehead atoms. The van der Waals surface area contributed by atoms with Crippen LogP contribution in [0.15, 0.2) is 0 Å². The second-order valence-electron chi connectivity index (χ2n) is 3.95. The summed E-state index contributed by atoms with van der Waals surface area (Å²) in [4.78, 5) is 10.8. The number of hydrogen-bond donors (Lipinski definition) is 0. The molecule has 0 radical (unpaired) electrons. The van der Waals surface area contributed by atoms with Gasteiger partial charge in [0.2, 0.25) is 5.75 Å². The van der Waals surface area contributed by atoms with Crippen molar-refractivity contribution < 1.29 is 19.1 Å². The predicted molar refractivity (Wildman–Crippen MR) is 58.0 cm³/mol. The molecule has 90 valence electrons. The van der Waals surface area contributed by atoms with Crippen LogP contribution in [0.1, 0.15) is 11.1 Å². The molecule has 17 heavy (non-hydrogen) atoms. The van der Waals surface area contributed by atoms with Crippen LogP contribution in [0.2, 0.25) is 0 Å². The third kappa shape index (κ3) is 1.26. The van der Waals surface area contributed by atoms with E-state index in [-0.39, 0.29) is 5.69 Å². The Bertz CT molecular complexity index is 476. The van der Waals surface area contributed by atoms with Gasteiger partial charge in [-0.15, -0.1) is 0 Å². The molecule has 0 aromatic heterocycles. The molecule has 6 nitrogen and oxygen atoms in total. The summed E-state index contributed by atoms with van der Waals surface area (Å²) in [5.41, 5.74) is 1.39. The lowest BCUT2D eigenvalue weighted by Gasteiger charge is -2.11. The van der Waals surface area contributed by atoms with Crippen LogP contribution >= 0.6 is 0 Å². The van der Waals surface area contributed by atoms with E-state index in [0.717, 1.165) is 5.56 Å². The van der Waals surface area contributed by atoms with Crippen molar-refractivity contribution in [2.45, 2.75) is 12.8 Å². The van der Waals surface area contributed by atoms with Crippen molar-refractivity contribution >= 4 is 5.69 Å². The zero-order valence-corrected chi connectivity index (χ0v) is 9.32. The molecule has 0 saturated carbocycles. The molecule has 0 amide bonds. The molecule has 1 aromatic carbocycles. The van der Waals surface area contributed by atoms with E-state index in [4.69, 9.17) is 14.2 Å². The van der Waals surface area contributed by atoms with Crippen molar-refractivity contribution in [1.82, 2.24) is 0 Å². The Labute approximate surface area is 97.2 Å². The first-order valence-electron chi connectivity index (χ1n) is 5.39. The summed E-state index contributed by atoms with van der Waals surface area (Å²) in [6, 6.07) is 0. The number of nitro groups is 1. The van der Waals surface area contributed by atoms with Gasteiger partial charge in [0.15, 0.2) is 11.5 Å². The van der Waals surface area contributed by atoms with Crippen molar-refractivity contribution in [3.8, 4) is 17.2 Å². The zero-order chi connectivity index (χ0) is 12.0. The van der Waals surface area contributed by atoms with E-state index in [1.807, 2.05) is 0 Å². The lowest BCUT2D eigenvalue weighted by atomic mass is 10.0. The number of nitrogens with zero attached hydrogens (tertiary/aromatic N) is 1. The van der Waals surface area contributed by atoms with E-state index in [0.29, 0.717) is 48.9 Å². The molecule has 0 N–H and O–H groups in total. The van der Waals surface area contributed by atoms with E-state index in [1.165, 1.54) is 0 Å². The first-order valence-corrected chi connectivity index (χ1v) is 5.39. The SMILES string of the molecule is COc1c2c(c([N+](=O)[O-])c3c1OCC3)OCC2. The van der Waals surface area contributed by atoms with E-state index < -0.39 is 4.92 Å². The van der Waals surface area contributed by atoms with Gasteiger partial charge < -0.3 is 14.2 Å². The lowest BCUT2D eigenvalue weighted by molar-refractivity contribution is -0.386. The van der Waals surface area contributed by atoms with Crippen molar-refractivity contribution in [2.24, 2.45) is 0 Å². The minimum Gasteiger partial charge on any atom is -0.492 e. The van der Waals surface area contributed by atoms with Crippen LogP contribution in [0.5, 0.6) is 17.2 Å². The monoisotopic (exact) mass is 237 g/mol. The van der Waals surface area contributed by atoms with Crippen LogP contribution < -0.4 is 14.2 Å². The van der Waals surface area contributed by atoms with E-state index >= 15 is 0 Å². The maximum atomic E-state index is 11.1. The molecule has 0 unspecified atom stereocenters. The molecule has 3 rings (SSSR count). The first-order chi connectivity index (χ1) is 8.24. The van der Waals surface area contributed by atoms with Gasteiger partial charge in [-0.2, -0.15) is 0 Å². The average Bonchev–Trinajstić information content (AvgIpc) is 2.92. The van der Waals surface area contributed by atoms with Crippen molar-refractivity contribution in [3.05, 3.63) is 21.2 Å². The predicted octanol–water partition coefficient (Wildman–Crippen LogP) is 1.47. The minimum absolute atomic E-state index is 0.0470. The number of rotatable bonds is 2. The van der Waals surface area contributed by atoms with Gasteiger partial charge in [-0.3, -0.25) is 10.1 Å². The molecule has 2 heterocycles. The van der Waals surface area contributed by atoms with E-state index in [1.54, 1.807) is 7.11 Å². The van der Waals surface area contributed by atoms with Crippen molar-refractivity contribution in [3.63, 3.8) is 0 Å². The van der Waals surface area contributed by atoms with Gasteiger partial charge in [-0.25, -0.2) is 0 Å². The van der Waals surface area contributed by atoms with Crippen LogP contribution in [-0.2, 0) is 12.8 Å². The van der Waals surface area contributed by atoms with Crippen molar-refractivity contribution in [1.29, 1.82) is 0 Å². The Hall–Kier alpha value is -1.98. The largest absolute Gasteiger partial charge is 0.492 e. The second kappa shape index (κ2) is 3.51. The van der Waals surface area contributed by atoms with E-state index in [9.17, 15) is 10.1 Å². The molecule has 0 fully saturated rings. The Morgan fingerprint density at radius 3 is 2.47 bits per heavy atom. The highest BCUT2D eigenvalue weighted by Gasteiger charge is 2.38. The highest BCUT2D eigenvalue weighted by atomic mass is 16.6. The molecule has 0 spiro atoms. The Balaban J connectivity index is 2.34. The standard InChI is InChI=1S/C11H11NO5/c1-15-10-7-3-5-16-9(7)8(12(13)14)6-2-4-17-11(6)10/h2-5H2,1H3. The molecule has 2 aliphatic heterocycles. The van der Waals surface area contributed by atoms with Crippen LogP contribution in [0, 0.1) is 10.1 Å². The minimum atomic E-state index is -0.392. The number of ether oxygens (including phenoxy) is 3. The van der Waals surface area contributed by atoms with Crippen molar-refractivity contribution in [2.75, 3.05) is 20.3 Å². The van der Waals surface area contributed by atoms with Gasteiger partial charge in [0.1, 0.15) is 0 Å². The number of nitro benzene ring substituents is 1. The second-order valence-corrected chi connectivity index (χ2v) is 3.95. The summed E-state index contributed by atoms with van der Waals surface area (Å²) >= 11 is 0. The zero-order valence-electron chi connectivity index (χ0n) is 9.32. The van der Waals surface area contributed by atoms with Gasteiger partial charge in [-0.1, -0.05) is 0 Å². The van der Waals surface area contributed by atoms with Crippen LogP contribution in [0.4, 0.5) is 5.69 Å². The molecule has 0 saturated heterocycles. The summed E-state index contributed by atoms with van der Waals surface area (Å²) in [5, 5.41) is 11.1. The third-order valence-corrected chi connectivity index (χ3v) is 3.11. The molecule has 1 aromatic rings. The topological polar surface area (TPSA) is 70.8 Å². The first kappa shape index (κ1) is 10.2. The van der Waals surface area contributed by atoms with E-state index in [2.05, 4.69) is 0 Å². The summed E-state index contributed by atoms with van der Waals surface area (Å²) in [6.07, 6.45) is 1.15. The number of fused-ring (bicyclic) bond motifs is 2. The summed E-state index contributed by atoms with van der Waals surface area (Å²) in [5.74, 6) is 1.47. The fraction of sp³-hybridized carbons (Fsp3) is 0.455. The van der Waals surface area contributed by atoms with Gasteiger partial charge >= 0.3 is 5.69 Å². The summed E-state index contributed by atoms with van der Waals surface area (Å²) < 4.78 is 16.1. The normalized spacial score (nSPS) is 15.8. The van der Waals surface area contributed by atoms with Gasteiger partial charge in [0.05, 0.1) is 36.4 Å². The summed E-state index contributed by atoms with van der Waals surface area (Å²) in [7, 11) is 1.54. The van der Waals surface area contributed by atoms with Gasteiger partial charge in [-0.05, 0) is 0 Å². The fourth-order valence-electron chi connectivity index (χ4n) is 2.45. The molecule has 0 aliphatic carbocycles. The number of hydrogen-bond acceptors (Lipinski definition) is 5. The maximum absolute atomic E-state index is 11.1. The van der Waals surface area contributed by atoms with Crippen LogP contribution in [-0.4, -0.2) is 25.2 Å². The average molecular weight is 237 g/mol. The van der Waals surface area contributed by atoms with Crippen LogP contribution in [0.25, 0.3) is 0 Å². The number of methoxy groups -OCH3 is 1. The molecular formula is C11H11NO5. The Morgan fingerprint density at radius 1 is 1.18 bits per heavy atom. The molecule has 2 aliphatic rings. The quantitative estimate of drug-likeness (QED) is 0.575. The van der Waals surface area contributed by atoms with Crippen LogP contribution in [0.3, 0.4) is 0 Å². The Kier molecular flexibility index (Phi) is 2.10. The smallest absolute Gasteiger partial charge is 0.318 e. The Morgan fingerprint density at radius 2 is 1.82 bits per heavy atom. The number of benzene rings is 1. The molecular weight excluding hydrogens is 226 g/mol. The highest BCUT2D eigenvalue weighted by molar-refractivity contribution is 5.71.